The number of rotatable bonds is 7. The highest BCUT2D eigenvalue weighted by Gasteiger charge is 2.29. The van der Waals surface area contributed by atoms with Gasteiger partial charge in [0.25, 0.3) is 0 Å². The molecule has 5 heteroatoms. The molecule has 0 aromatic heterocycles. The summed E-state index contributed by atoms with van der Waals surface area (Å²) in [7, 11) is 0. The van der Waals surface area contributed by atoms with E-state index in [4.69, 9.17) is 0 Å². The van der Waals surface area contributed by atoms with Gasteiger partial charge in [-0.2, -0.15) is 0 Å². The summed E-state index contributed by atoms with van der Waals surface area (Å²) in [5, 5.41) is 5.61. The first-order chi connectivity index (χ1) is 14.6. The first-order valence-corrected chi connectivity index (χ1v) is 11.0. The maximum Gasteiger partial charge on any atom is 0.242 e. The van der Waals surface area contributed by atoms with Crippen LogP contribution in [0.3, 0.4) is 0 Å². The van der Waals surface area contributed by atoms with Gasteiger partial charge in [-0.25, -0.2) is 0 Å². The number of amides is 2. The second-order valence-corrected chi connectivity index (χ2v) is 8.74. The van der Waals surface area contributed by atoms with Gasteiger partial charge in [0.05, 0.1) is 0 Å². The molecule has 0 saturated heterocycles. The highest BCUT2D eigenvalue weighted by Crippen LogP contribution is 2.37. The average Bonchev–Trinajstić information content (AvgIpc) is 3.58. The van der Waals surface area contributed by atoms with Crippen LogP contribution in [0.15, 0.2) is 83.8 Å². The van der Waals surface area contributed by atoms with Crippen molar-refractivity contribution in [3.05, 3.63) is 90.0 Å². The molecule has 2 N–H and O–H groups in total. The molecule has 152 valence electrons. The molecule has 1 aliphatic carbocycles. The van der Waals surface area contributed by atoms with Gasteiger partial charge in [0.2, 0.25) is 11.8 Å². The van der Waals surface area contributed by atoms with Gasteiger partial charge in [-0.05, 0) is 61.2 Å². The van der Waals surface area contributed by atoms with E-state index < -0.39 is 5.25 Å². The lowest BCUT2D eigenvalue weighted by atomic mass is 10.1. The molecule has 2 amide bonds. The number of hydrogen-bond donors (Lipinski definition) is 2. The van der Waals surface area contributed by atoms with Crippen LogP contribution in [0, 0.1) is 12.8 Å². The van der Waals surface area contributed by atoms with Crippen LogP contribution in [-0.4, -0.2) is 11.8 Å². The zero-order chi connectivity index (χ0) is 20.9. The number of nitrogens with one attached hydrogen (secondary N) is 2. The molecule has 0 spiro atoms. The molecule has 3 aromatic carbocycles. The van der Waals surface area contributed by atoms with Crippen molar-refractivity contribution in [3.63, 3.8) is 0 Å². The molecule has 4 rings (SSSR count). The fourth-order valence-electron chi connectivity index (χ4n) is 3.20. The number of thioether (sulfide) groups is 1. The minimum Gasteiger partial charge on any atom is -0.326 e. The summed E-state index contributed by atoms with van der Waals surface area (Å²) >= 11 is 1.48. The van der Waals surface area contributed by atoms with Crippen LogP contribution in [0.1, 0.15) is 29.2 Å². The van der Waals surface area contributed by atoms with Crippen LogP contribution >= 0.6 is 11.8 Å². The number of anilines is 2. The third-order valence-electron chi connectivity index (χ3n) is 4.93. The standard InChI is InChI=1S/C25H24N2O2S/c1-17-7-5-10-20(15-17)27-25(29)23(18-8-3-2-4-9-18)30-22-12-6-11-21(16-22)26-24(28)19-13-14-19/h2-12,15-16,19,23H,13-14H2,1H3,(H,26,28)(H,27,29). The van der Waals surface area contributed by atoms with Crippen LogP contribution in [-0.2, 0) is 9.59 Å². The summed E-state index contributed by atoms with van der Waals surface area (Å²) in [5.41, 5.74) is 3.57. The quantitative estimate of drug-likeness (QED) is 0.478. The Balaban J connectivity index is 1.54. The predicted octanol–water partition coefficient (Wildman–Crippen LogP) is 5.82. The van der Waals surface area contributed by atoms with Gasteiger partial charge in [-0.15, -0.1) is 11.8 Å². The summed E-state index contributed by atoms with van der Waals surface area (Å²) in [6.07, 6.45) is 1.94. The fraction of sp³-hybridized carbons (Fsp3) is 0.200. The van der Waals surface area contributed by atoms with E-state index in [0.29, 0.717) is 0 Å². The Labute approximate surface area is 181 Å². The monoisotopic (exact) mass is 416 g/mol. The van der Waals surface area contributed by atoms with Gasteiger partial charge >= 0.3 is 0 Å². The molecule has 0 heterocycles. The van der Waals surface area contributed by atoms with Crippen molar-refractivity contribution in [2.45, 2.75) is 29.9 Å². The highest BCUT2D eigenvalue weighted by atomic mass is 32.2. The number of benzene rings is 3. The van der Waals surface area contributed by atoms with E-state index in [-0.39, 0.29) is 17.7 Å². The first-order valence-electron chi connectivity index (χ1n) is 10.1. The Morgan fingerprint density at radius 3 is 2.27 bits per heavy atom. The molecule has 1 unspecified atom stereocenters. The Hall–Kier alpha value is -3.05. The van der Waals surface area contributed by atoms with Crippen LogP contribution in [0.25, 0.3) is 0 Å². The maximum absolute atomic E-state index is 13.2. The second-order valence-electron chi connectivity index (χ2n) is 7.56. The summed E-state index contributed by atoms with van der Waals surface area (Å²) in [4.78, 5) is 26.2. The van der Waals surface area contributed by atoms with Crippen molar-refractivity contribution in [2.75, 3.05) is 10.6 Å². The van der Waals surface area contributed by atoms with E-state index in [9.17, 15) is 9.59 Å². The van der Waals surface area contributed by atoms with E-state index >= 15 is 0 Å². The molecule has 0 aliphatic heterocycles. The van der Waals surface area contributed by atoms with E-state index in [1.54, 1.807) is 0 Å². The van der Waals surface area contributed by atoms with Crippen molar-refractivity contribution in [2.24, 2.45) is 5.92 Å². The number of carbonyl (C=O) groups is 2. The smallest absolute Gasteiger partial charge is 0.242 e. The van der Waals surface area contributed by atoms with Crippen molar-refractivity contribution >= 4 is 35.0 Å². The van der Waals surface area contributed by atoms with E-state index in [1.165, 1.54) is 11.8 Å². The van der Waals surface area contributed by atoms with Crippen LogP contribution in [0.5, 0.6) is 0 Å². The predicted molar refractivity (Wildman–Crippen MR) is 123 cm³/mol. The van der Waals surface area contributed by atoms with E-state index in [2.05, 4.69) is 10.6 Å². The molecule has 30 heavy (non-hydrogen) atoms. The van der Waals surface area contributed by atoms with Gasteiger partial charge < -0.3 is 10.6 Å². The number of carbonyl (C=O) groups excluding carboxylic acids is 2. The van der Waals surface area contributed by atoms with Crippen LogP contribution in [0.2, 0.25) is 0 Å². The second kappa shape index (κ2) is 9.18. The largest absolute Gasteiger partial charge is 0.326 e. The average molecular weight is 417 g/mol. The third-order valence-corrected chi connectivity index (χ3v) is 6.18. The topological polar surface area (TPSA) is 58.2 Å². The van der Waals surface area contributed by atoms with Gasteiger partial charge in [-0.3, -0.25) is 9.59 Å². The molecule has 0 bridgehead atoms. The zero-order valence-electron chi connectivity index (χ0n) is 16.8. The minimum atomic E-state index is -0.416. The molecule has 4 nitrogen and oxygen atoms in total. The van der Waals surface area contributed by atoms with Crippen molar-refractivity contribution < 1.29 is 9.59 Å². The Bertz CT molecular complexity index is 1050. The zero-order valence-corrected chi connectivity index (χ0v) is 17.6. The Morgan fingerprint density at radius 2 is 1.57 bits per heavy atom. The van der Waals surface area contributed by atoms with Crippen LogP contribution < -0.4 is 10.6 Å². The minimum absolute atomic E-state index is 0.0777. The van der Waals surface area contributed by atoms with Crippen molar-refractivity contribution in [1.29, 1.82) is 0 Å². The summed E-state index contributed by atoms with van der Waals surface area (Å²) < 4.78 is 0. The fourth-order valence-corrected chi connectivity index (χ4v) is 4.29. The van der Waals surface area contributed by atoms with E-state index in [0.717, 1.165) is 40.2 Å². The van der Waals surface area contributed by atoms with Gasteiger partial charge in [0.15, 0.2) is 0 Å². The molecular weight excluding hydrogens is 392 g/mol. The number of hydrogen-bond acceptors (Lipinski definition) is 3. The normalized spacial score (nSPS) is 14.0. The highest BCUT2D eigenvalue weighted by molar-refractivity contribution is 8.00. The Kier molecular flexibility index (Phi) is 6.19. The summed E-state index contributed by atoms with van der Waals surface area (Å²) in [6, 6.07) is 25.2. The SMILES string of the molecule is Cc1cccc(NC(=O)C(Sc2cccc(NC(=O)C3CC3)c2)c2ccccc2)c1. The third kappa shape index (κ3) is 5.30. The lowest BCUT2D eigenvalue weighted by Gasteiger charge is -2.18. The molecular formula is C25H24N2O2S. The van der Waals surface area contributed by atoms with Crippen molar-refractivity contribution in [3.8, 4) is 0 Å². The lowest BCUT2D eigenvalue weighted by molar-refractivity contribution is -0.117. The Morgan fingerprint density at radius 1 is 0.867 bits per heavy atom. The first kappa shape index (κ1) is 20.2. The van der Waals surface area contributed by atoms with Crippen molar-refractivity contribution in [1.82, 2.24) is 0 Å². The molecule has 1 aliphatic rings. The summed E-state index contributed by atoms with van der Waals surface area (Å²) in [5.74, 6) is 0.150. The van der Waals surface area contributed by atoms with Crippen LogP contribution in [0.4, 0.5) is 11.4 Å². The molecule has 1 atom stereocenters. The van der Waals surface area contributed by atoms with Gasteiger partial charge in [-0.1, -0.05) is 48.5 Å². The molecule has 0 radical (unpaired) electrons. The van der Waals surface area contributed by atoms with Gasteiger partial charge in [0, 0.05) is 22.2 Å². The van der Waals surface area contributed by atoms with Gasteiger partial charge in [0.1, 0.15) is 5.25 Å². The molecule has 1 fully saturated rings. The van der Waals surface area contributed by atoms with E-state index in [1.807, 2.05) is 85.8 Å². The number of aryl methyl sites for hydroxylation is 1. The molecule has 1 saturated carbocycles. The summed E-state index contributed by atoms with van der Waals surface area (Å²) in [6.45, 7) is 2.00. The lowest BCUT2D eigenvalue weighted by Crippen LogP contribution is -2.19. The maximum atomic E-state index is 13.2. The molecule has 3 aromatic rings.